The van der Waals surface area contributed by atoms with E-state index in [2.05, 4.69) is 0 Å². The summed E-state index contributed by atoms with van der Waals surface area (Å²) in [6.45, 7) is 2.27. The molecule has 1 aliphatic rings. The molecule has 2 aromatic carbocycles. The zero-order valence-corrected chi connectivity index (χ0v) is 18.2. The van der Waals surface area contributed by atoms with Gasteiger partial charge in [0.15, 0.2) is 5.44 Å². The lowest BCUT2D eigenvalue weighted by Crippen LogP contribution is -2.18. The van der Waals surface area contributed by atoms with Crippen molar-refractivity contribution in [3.63, 3.8) is 0 Å². The third kappa shape index (κ3) is 8.93. The van der Waals surface area contributed by atoms with Crippen molar-refractivity contribution in [1.29, 1.82) is 0 Å². The average molecular weight is 461 g/mol. The molecule has 8 heteroatoms. The second-order valence-corrected chi connectivity index (χ2v) is 8.69. The lowest BCUT2D eigenvalue weighted by Gasteiger charge is -2.12. The summed E-state index contributed by atoms with van der Waals surface area (Å²) in [5.41, 5.74) is 1.21. The molecular formula is C21H23Cl2FO4S. The normalized spacial score (nSPS) is 20.7. The summed E-state index contributed by atoms with van der Waals surface area (Å²) in [5, 5.41) is 9.99. The molecule has 3 unspecified atom stereocenters. The van der Waals surface area contributed by atoms with Crippen LogP contribution in [0.3, 0.4) is 0 Å². The van der Waals surface area contributed by atoms with E-state index in [0.717, 1.165) is 11.1 Å². The molecular weight excluding hydrogens is 438 g/mol. The van der Waals surface area contributed by atoms with Crippen LogP contribution in [0.5, 0.6) is 0 Å². The van der Waals surface area contributed by atoms with Gasteiger partial charge < -0.3 is 14.6 Å². The average Bonchev–Trinajstić information content (AvgIpc) is 3.03. The topological polar surface area (TPSA) is 55.8 Å². The highest BCUT2D eigenvalue weighted by atomic mass is 35.5. The Hall–Kier alpha value is -1.31. The minimum atomic E-state index is -1.12. The Morgan fingerprint density at radius 3 is 2.17 bits per heavy atom. The lowest BCUT2D eigenvalue weighted by atomic mass is 10.2. The van der Waals surface area contributed by atoms with Gasteiger partial charge in [-0.05, 0) is 41.8 Å². The number of thioether (sulfide) groups is 1. The largest absolute Gasteiger partial charge is 0.448 e. The van der Waals surface area contributed by atoms with Crippen molar-refractivity contribution in [1.82, 2.24) is 0 Å². The van der Waals surface area contributed by atoms with E-state index in [4.69, 9.17) is 37.8 Å². The molecule has 0 aromatic heterocycles. The molecule has 3 rings (SSSR count). The molecule has 1 N–H and O–H groups in total. The minimum Gasteiger partial charge on any atom is -0.448 e. The van der Waals surface area contributed by atoms with Gasteiger partial charge in [-0.15, -0.1) is 11.8 Å². The highest BCUT2D eigenvalue weighted by Crippen LogP contribution is 2.37. The van der Waals surface area contributed by atoms with Gasteiger partial charge in [0.2, 0.25) is 0 Å². The molecule has 1 saturated heterocycles. The Balaban J connectivity index is 0.000000278. The van der Waals surface area contributed by atoms with Gasteiger partial charge in [-0.25, -0.2) is 4.39 Å². The first-order valence-electron chi connectivity index (χ1n) is 9.01. The van der Waals surface area contributed by atoms with Crippen LogP contribution in [0.2, 0.25) is 10.0 Å². The Kier molecular flexibility index (Phi) is 10.2. The molecule has 0 aliphatic carbocycles. The van der Waals surface area contributed by atoms with Gasteiger partial charge in [0.1, 0.15) is 6.17 Å². The van der Waals surface area contributed by atoms with Crippen molar-refractivity contribution < 1.29 is 23.8 Å². The number of aliphatic hydroxyl groups excluding tert-OH is 1. The number of halogens is 3. The third-order valence-corrected chi connectivity index (χ3v) is 5.85. The van der Waals surface area contributed by atoms with Gasteiger partial charge in [0.05, 0.1) is 19.8 Å². The van der Waals surface area contributed by atoms with Crippen LogP contribution in [0.25, 0.3) is 0 Å². The number of alkyl halides is 1. The molecule has 0 radical (unpaired) electrons. The van der Waals surface area contributed by atoms with E-state index >= 15 is 0 Å². The fourth-order valence-corrected chi connectivity index (χ4v) is 4.12. The molecule has 0 spiro atoms. The second kappa shape index (κ2) is 12.4. The monoisotopic (exact) mass is 460 g/mol. The van der Waals surface area contributed by atoms with Gasteiger partial charge >= 0.3 is 5.97 Å². The van der Waals surface area contributed by atoms with E-state index in [0.29, 0.717) is 29.7 Å². The summed E-state index contributed by atoms with van der Waals surface area (Å²) < 4.78 is 24.1. The minimum absolute atomic E-state index is 0.0154. The molecule has 158 valence electrons. The summed E-state index contributed by atoms with van der Waals surface area (Å²) in [7, 11) is 0. The van der Waals surface area contributed by atoms with Crippen molar-refractivity contribution in [3.8, 4) is 0 Å². The van der Waals surface area contributed by atoms with Crippen LogP contribution >= 0.6 is 35.0 Å². The van der Waals surface area contributed by atoms with Crippen LogP contribution in [0.15, 0.2) is 48.5 Å². The number of carbonyl (C=O) groups excluding carboxylic acids is 1. The Morgan fingerprint density at radius 1 is 1.10 bits per heavy atom. The fourth-order valence-electron chi connectivity index (χ4n) is 2.54. The maximum absolute atomic E-state index is 13.6. The highest BCUT2D eigenvalue weighted by molar-refractivity contribution is 8.00. The molecule has 1 aliphatic heterocycles. The van der Waals surface area contributed by atoms with Crippen LogP contribution in [0, 0.1) is 0 Å². The first kappa shape index (κ1) is 24.0. The molecule has 29 heavy (non-hydrogen) atoms. The van der Waals surface area contributed by atoms with E-state index in [-0.39, 0.29) is 11.9 Å². The van der Waals surface area contributed by atoms with Gasteiger partial charge in [0.25, 0.3) is 0 Å². The van der Waals surface area contributed by atoms with Crippen molar-refractivity contribution in [3.05, 3.63) is 69.7 Å². The molecule has 0 saturated carbocycles. The summed E-state index contributed by atoms with van der Waals surface area (Å²) in [5.74, 6) is -0.451. The summed E-state index contributed by atoms with van der Waals surface area (Å²) >= 11 is 12.7. The summed E-state index contributed by atoms with van der Waals surface area (Å²) in [4.78, 5) is 10.8. The first-order valence-corrected chi connectivity index (χ1v) is 10.7. The van der Waals surface area contributed by atoms with Crippen LogP contribution in [0.1, 0.15) is 24.5 Å². The van der Waals surface area contributed by atoms with Crippen LogP contribution in [-0.4, -0.2) is 34.5 Å². The number of hydrogen-bond acceptors (Lipinski definition) is 5. The lowest BCUT2D eigenvalue weighted by molar-refractivity contribution is -0.144. The molecule has 1 heterocycles. The zero-order valence-electron chi connectivity index (χ0n) is 15.9. The maximum atomic E-state index is 13.6. The Labute approximate surface area is 184 Å². The Bertz CT molecular complexity index is 758. The standard InChI is InChI=1S/C14H16ClFO3S.C7H7ClO/c1-9(17)19-14-13(16)6-12(20-14)8-18-7-10-2-4-11(15)5-3-10;8-7-3-1-6(5-9)2-4-7/h2-5,12-14H,6-8H2,1H3;1-4,9H,5H2. The van der Waals surface area contributed by atoms with Crippen LogP contribution in [-0.2, 0) is 27.5 Å². The maximum Gasteiger partial charge on any atom is 0.303 e. The van der Waals surface area contributed by atoms with Crippen LogP contribution in [0.4, 0.5) is 4.39 Å². The summed E-state index contributed by atoms with van der Waals surface area (Å²) in [6.07, 6.45) is -0.767. The van der Waals surface area contributed by atoms with Gasteiger partial charge in [-0.1, -0.05) is 47.5 Å². The van der Waals surface area contributed by atoms with E-state index in [1.807, 2.05) is 12.1 Å². The number of aliphatic hydroxyl groups is 1. The Morgan fingerprint density at radius 2 is 1.66 bits per heavy atom. The van der Waals surface area contributed by atoms with Crippen molar-refractivity contribution >= 4 is 40.9 Å². The molecule has 3 atom stereocenters. The highest BCUT2D eigenvalue weighted by Gasteiger charge is 2.37. The molecule has 2 aromatic rings. The summed E-state index contributed by atoms with van der Waals surface area (Å²) in [6, 6.07) is 14.5. The number of esters is 1. The van der Waals surface area contributed by atoms with Gasteiger partial charge in [-0.3, -0.25) is 4.79 Å². The number of hydrogen-bond donors (Lipinski definition) is 1. The molecule has 4 nitrogen and oxygen atoms in total. The van der Waals surface area contributed by atoms with Gasteiger partial charge in [0, 0.05) is 22.2 Å². The number of benzene rings is 2. The third-order valence-electron chi connectivity index (χ3n) is 3.97. The van der Waals surface area contributed by atoms with E-state index in [9.17, 15) is 9.18 Å². The van der Waals surface area contributed by atoms with E-state index in [1.165, 1.54) is 18.7 Å². The predicted molar refractivity (Wildman–Crippen MR) is 115 cm³/mol. The predicted octanol–water partition coefficient (Wildman–Crippen LogP) is 5.42. The smallest absolute Gasteiger partial charge is 0.303 e. The molecule has 1 fully saturated rings. The number of rotatable bonds is 6. The quantitative estimate of drug-likeness (QED) is 0.582. The first-order chi connectivity index (χ1) is 13.9. The van der Waals surface area contributed by atoms with Gasteiger partial charge in [-0.2, -0.15) is 0 Å². The molecule has 0 amide bonds. The fraction of sp³-hybridized carbons (Fsp3) is 0.381. The number of ether oxygens (including phenoxy) is 2. The zero-order chi connectivity index (χ0) is 21.2. The van der Waals surface area contributed by atoms with Crippen molar-refractivity contribution in [2.45, 2.75) is 43.4 Å². The van der Waals surface area contributed by atoms with Crippen molar-refractivity contribution in [2.75, 3.05) is 6.61 Å². The SMILES string of the molecule is CC(=O)OC1SC(COCc2ccc(Cl)cc2)CC1F.OCc1ccc(Cl)cc1. The van der Waals surface area contributed by atoms with Crippen LogP contribution < -0.4 is 0 Å². The van der Waals surface area contributed by atoms with E-state index < -0.39 is 17.6 Å². The number of carbonyl (C=O) groups is 1. The van der Waals surface area contributed by atoms with E-state index in [1.54, 1.807) is 36.4 Å². The molecule has 0 bridgehead atoms. The van der Waals surface area contributed by atoms with Crippen molar-refractivity contribution in [2.24, 2.45) is 0 Å². The second-order valence-electron chi connectivity index (χ2n) is 6.41.